The number of carbonyl (C=O) groups excluding carboxylic acids is 1. The first-order chi connectivity index (χ1) is 11.9. The maximum atomic E-state index is 12.8. The van der Waals surface area contributed by atoms with Crippen molar-refractivity contribution in [2.75, 3.05) is 13.1 Å². The van der Waals surface area contributed by atoms with E-state index in [9.17, 15) is 14.7 Å². The third kappa shape index (κ3) is 3.51. The Kier molecular flexibility index (Phi) is 5.02. The Labute approximate surface area is 149 Å². The number of ether oxygens (including phenoxy) is 1. The number of nitrogens with zero attached hydrogens (tertiary/aromatic N) is 1. The van der Waals surface area contributed by atoms with Crippen LogP contribution in [0.15, 0.2) is 24.3 Å². The average molecular weight is 345 g/mol. The smallest absolute Gasteiger partial charge is 0.311 e. The van der Waals surface area contributed by atoms with E-state index in [2.05, 4.69) is 0 Å². The van der Waals surface area contributed by atoms with Gasteiger partial charge in [-0.05, 0) is 56.2 Å². The largest absolute Gasteiger partial charge is 0.490 e. The first-order valence-corrected chi connectivity index (χ1v) is 9.22. The molecule has 1 heterocycles. The predicted octanol–water partition coefficient (Wildman–Crippen LogP) is 3.58. The number of aliphatic carboxylic acids is 1. The summed E-state index contributed by atoms with van der Waals surface area (Å²) in [4.78, 5) is 26.3. The SMILES string of the molecule is CC(C)C1(C(=O)O)CCN(C(=O)c2cccc(OC3CCCC3)c2)C1. The van der Waals surface area contributed by atoms with Gasteiger partial charge >= 0.3 is 5.97 Å². The number of carboxylic acids is 1. The minimum Gasteiger partial charge on any atom is -0.490 e. The molecule has 5 heteroatoms. The third-order valence-corrected chi connectivity index (χ3v) is 5.81. The molecule has 1 aliphatic carbocycles. The molecule has 2 fully saturated rings. The van der Waals surface area contributed by atoms with Gasteiger partial charge in [0.15, 0.2) is 0 Å². The monoisotopic (exact) mass is 345 g/mol. The summed E-state index contributed by atoms with van der Waals surface area (Å²) in [5, 5.41) is 9.65. The Morgan fingerprint density at radius 2 is 2.00 bits per heavy atom. The Balaban J connectivity index is 1.72. The van der Waals surface area contributed by atoms with Crippen molar-refractivity contribution >= 4 is 11.9 Å². The standard InChI is InChI=1S/C20H27NO4/c1-14(2)20(19(23)24)10-11-21(13-20)18(22)15-6-5-9-17(12-15)25-16-7-3-4-8-16/h5-6,9,12,14,16H,3-4,7-8,10-11,13H2,1-2H3,(H,23,24). The van der Waals surface area contributed by atoms with E-state index in [1.807, 2.05) is 26.0 Å². The highest BCUT2D eigenvalue weighted by Gasteiger charge is 2.48. The second-order valence-electron chi connectivity index (χ2n) is 7.64. The molecule has 2 aliphatic rings. The van der Waals surface area contributed by atoms with Gasteiger partial charge in [0, 0.05) is 18.7 Å². The van der Waals surface area contributed by atoms with E-state index in [4.69, 9.17) is 4.74 Å². The van der Waals surface area contributed by atoms with Crippen LogP contribution in [0.4, 0.5) is 0 Å². The molecule has 1 aromatic rings. The number of rotatable bonds is 5. The molecular formula is C20H27NO4. The molecule has 0 bridgehead atoms. The van der Waals surface area contributed by atoms with Crippen molar-refractivity contribution in [3.8, 4) is 5.75 Å². The van der Waals surface area contributed by atoms with Crippen LogP contribution in [0.3, 0.4) is 0 Å². The summed E-state index contributed by atoms with van der Waals surface area (Å²) in [6, 6.07) is 7.28. The molecule has 5 nitrogen and oxygen atoms in total. The van der Waals surface area contributed by atoms with E-state index in [-0.39, 0.29) is 24.5 Å². The minimum absolute atomic E-state index is 0.0140. The molecule has 1 saturated heterocycles. The van der Waals surface area contributed by atoms with E-state index >= 15 is 0 Å². The second kappa shape index (κ2) is 7.06. The van der Waals surface area contributed by atoms with Gasteiger partial charge in [-0.2, -0.15) is 0 Å². The molecule has 0 aromatic heterocycles. The quantitative estimate of drug-likeness (QED) is 0.886. The van der Waals surface area contributed by atoms with Crippen molar-refractivity contribution in [2.45, 2.75) is 52.1 Å². The molecule has 1 unspecified atom stereocenters. The molecule has 136 valence electrons. The van der Waals surface area contributed by atoms with Gasteiger partial charge in [-0.15, -0.1) is 0 Å². The summed E-state index contributed by atoms with van der Waals surface area (Å²) in [6.07, 6.45) is 5.29. The van der Waals surface area contributed by atoms with Gasteiger partial charge in [-0.25, -0.2) is 0 Å². The number of benzene rings is 1. The zero-order valence-electron chi connectivity index (χ0n) is 15.0. The van der Waals surface area contributed by atoms with Gasteiger partial charge in [0.05, 0.1) is 11.5 Å². The van der Waals surface area contributed by atoms with E-state index in [0.29, 0.717) is 18.5 Å². The van der Waals surface area contributed by atoms with Crippen LogP contribution < -0.4 is 4.74 Å². The fourth-order valence-corrected chi connectivity index (χ4v) is 3.98. The second-order valence-corrected chi connectivity index (χ2v) is 7.64. The first kappa shape index (κ1) is 17.8. The number of amides is 1. The van der Waals surface area contributed by atoms with Crippen molar-refractivity contribution in [2.24, 2.45) is 11.3 Å². The van der Waals surface area contributed by atoms with Crippen molar-refractivity contribution in [3.63, 3.8) is 0 Å². The molecule has 25 heavy (non-hydrogen) atoms. The molecule has 1 amide bonds. The summed E-state index contributed by atoms with van der Waals surface area (Å²) in [7, 11) is 0. The fourth-order valence-electron chi connectivity index (χ4n) is 3.98. The first-order valence-electron chi connectivity index (χ1n) is 9.22. The van der Waals surface area contributed by atoms with E-state index in [1.54, 1.807) is 17.0 Å². The molecular weight excluding hydrogens is 318 g/mol. The Morgan fingerprint density at radius 3 is 2.60 bits per heavy atom. The summed E-state index contributed by atoms with van der Waals surface area (Å²) in [5.41, 5.74) is -0.270. The van der Waals surface area contributed by atoms with Gasteiger partial charge in [0.25, 0.3) is 5.91 Å². The third-order valence-electron chi connectivity index (χ3n) is 5.81. The molecule has 3 rings (SSSR count). The Hall–Kier alpha value is -2.04. The summed E-state index contributed by atoms with van der Waals surface area (Å²) >= 11 is 0. The van der Waals surface area contributed by atoms with Crippen molar-refractivity contribution < 1.29 is 19.4 Å². The zero-order valence-corrected chi connectivity index (χ0v) is 15.0. The van der Waals surface area contributed by atoms with Crippen molar-refractivity contribution in [1.29, 1.82) is 0 Å². The van der Waals surface area contributed by atoms with Crippen LogP contribution in [0, 0.1) is 11.3 Å². The molecule has 0 spiro atoms. The van der Waals surface area contributed by atoms with Gasteiger partial charge in [-0.1, -0.05) is 19.9 Å². The number of hydrogen-bond acceptors (Lipinski definition) is 3. The lowest BCUT2D eigenvalue weighted by molar-refractivity contribution is -0.150. The fraction of sp³-hybridized carbons (Fsp3) is 0.600. The average Bonchev–Trinajstić information content (AvgIpc) is 3.24. The lowest BCUT2D eigenvalue weighted by Gasteiger charge is -2.28. The highest BCUT2D eigenvalue weighted by atomic mass is 16.5. The lowest BCUT2D eigenvalue weighted by Crippen LogP contribution is -2.40. The molecule has 1 aromatic carbocycles. The highest BCUT2D eigenvalue weighted by molar-refractivity contribution is 5.95. The van der Waals surface area contributed by atoms with Crippen molar-refractivity contribution in [1.82, 2.24) is 4.90 Å². The van der Waals surface area contributed by atoms with Crippen LogP contribution >= 0.6 is 0 Å². The number of hydrogen-bond donors (Lipinski definition) is 1. The molecule has 0 radical (unpaired) electrons. The van der Waals surface area contributed by atoms with Crippen LogP contribution in [0.2, 0.25) is 0 Å². The van der Waals surface area contributed by atoms with E-state index in [0.717, 1.165) is 18.6 Å². The normalized spacial score (nSPS) is 24.0. The van der Waals surface area contributed by atoms with Crippen LogP contribution in [-0.4, -0.2) is 41.1 Å². The van der Waals surface area contributed by atoms with Crippen LogP contribution in [0.1, 0.15) is 56.3 Å². The van der Waals surface area contributed by atoms with Crippen LogP contribution in [0.25, 0.3) is 0 Å². The molecule has 1 N–H and O–H groups in total. The minimum atomic E-state index is -0.840. The number of likely N-dealkylation sites (tertiary alicyclic amines) is 1. The Bertz CT molecular complexity index is 651. The summed E-state index contributed by atoms with van der Waals surface area (Å²) in [6.45, 7) is 4.58. The van der Waals surface area contributed by atoms with E-state index < -0.39 is 11.4 Å². The van der Waals surface area contributed by atoms with Crippen LogP contribution in [-0.2, 0) is 4.79 Å². The summed E-state index contributed by atoms with van der Waals surface area (Å²) in [5.74, 6) is -0.207. The lowest BCUT2D eigenvalue weighted by atomic mass is 9.76. The topological polar surface area (TPSA) is 66.8 Å². The maximum absolute atomic E-state index is 12.8. The van der Waals surface area contributed by atoms with Gasteiger partial charge in [0.1, 0.15) is 5.75 Å². The molecule has 1 aliphatic heterocycles. The maximum Gasteiger partial charge on any atom is 0.311 e. The molecule has 1 atom stereocenters. The zero-order chi connectivity index (χ0) is 18.0. The summed E-state index contributed by atoms with van der Waals surface area (Å²) < 4.78 is 5.98. The molecule has 1 saturated carbocycles. The van der Waals surface area contributed by atoms with Gasteiger partial charge < -0.3 is 14.7 Å². The van der Waals surface area contributed by atoms with Crippen LogP contribution in [0.5, 0.6) is 5.75 Å². The van der Waals surface area contributed by atoms with Crippen molar-refractivity contribution in [3.05, 3.63) is 29.8 Å². The highest BCUT2D eigenvalue weighted by Crippen LogP contribution is 2.38. The predicted molar refractivity (Wildman–Crippen MR) is 94.8 cm³/mol. The van der Waals surface area contributed by atoms with Gasteiger partial charge in [-0.3, -0.25) is 9.59 Å². The number of carboxylic acid groups (broad SMARTS) is 1. The van der Waals surface area contributed by atoms with Gasteiger partial charge in [0.2, 0.25) is 0 Å². The number of carbonyl (C=O) groups is 2. The Morgan fingerprint density at radius 1 is 1.28 bits per heavy atom. The van der Waals surface area contributed by atoms with E-state index in [1.165, 1.54) is 12.8 Å².